The number of pyridine rings is 1. The van der Waals surface area contributed by atoms with E-state index in [1.165, 1.54) is 42.7 Å². The fraction of sp³-hybridized carbons (Fsp3) is 0.0833. The van der Waals surface area contributed by atoms with Crippen molar-refractivity contribution in [3.05, 3.63) is 71.1 Å². The molecule has 196 valence electrons. The molecular weight excluding hydrogens is 564 g/mol. The Bertz CT molecular complexity index is 1700. The molecule has 4 aromatic rings. The number of nitriles is 2. The summed E-state index contributed by atoms with van der Waals surface area (Å²) in [6.45, 7) is 0. The fourth-order valence-corrected chi connectivity index (χ4v) is 5.35. The SMILES string of the molecule is N#Cc1c(N)nc(SCCC(=O)Nc2ccc(S(=O)(=O)Nc3ccc(Cl)nn3)cc2)c(C#N)c1-c1ccco1. The number of rotatable bonds is 9. The number of nitrogen functional groups attached to an aromatic ring is 1. The van der Waals surface area contributed by atoms with Gasteiger partial charge in [0.05, 0.1) is 22.3 Å². The summed E-state index contributed by atoms with van der Waals surface area (Å²) in [6, 6.07) is 15.6. The Morgan fingerprint density at radius 1 is 1.08 bits per heavy atom. The minimum Gasteiger partial charge on any atom is -0.464 e. The number of furan rings is 1. The number of amides is 1. The Morgan fingerprint density at radius 2 is 1.82 bits per heavy atom. The van der Waals surface area contributed by atoms with Crippen LogP contribution in [0.25, 0.3) is 11.3 Å². The maximum atomic E-state index is 12.5. The van der Waals surface area contributed by atoms with Gasteiger partial charge in [-0.1, -0.05) is 11.6 Å². The van der Waals surface area contributed by atoms with Gasteiger partial charge in [-0.25, -0.2) is 13.4 Å². The summed E-state index contributed by atoms with van der Waals surface area (Å²) in [4.78, 5) is 16.6. The first kappa shape index (κ1) is 27.4. The topological polar surface area (TPSA) is 201 Å². The van der Waals surface area contributed by atoms with Crippen LogP contribution in [0.4, 0.5) is 17.3 Å². The number of nitrogens with one attached hydrogen (secondary N) is 2. The molecule has 15 heteroatoms. The largest absolute Gasteiger partial charge is 0.464 e. The van der Waals surface area contributed by atoms with Gasteiger partial charge in [0.25, 0.3) is 10.0 Å². The second-order valence-electron chi connectivity index (χ2n) is 7.65. The Morgan fingerprint density at radius 3 is 2.44 bits per heavy atom. The number of anilines is 3. The van der Waals surface area contributed by atoms with Crippen LogP contribution >= 0.6 is 23.4 Å². The Hall–Kier alpha value is -4.63. The van der Waals surface area contributed by atoms with Gasteiger partial charge in [-0.15, -0.1) is 22.0 Å². The number of benzene rings is 1. The molecule has 1 amide bonds. The van der Waals surface area contributed by atoms with Crippen LogP contribution in [0.3, 0.4) is 0 Å². The molecule has 0 radical (unpaired) electrons. The van der Waals surface area contributed by atoms with Crippen LogP contribution in [-0.2, 0) is 14.8 Å². The van der Waals surface area contributed by atoms with E-state index in [9.17, 15) is 23.7 Å². The van der Waals surface area contributed by atoms with Gasteiger partial charge in [-0.2, -0.15) is 10.5 Å². The van der Waals surface area contributed by atoms with Gasteiger partial charge in [-0.3, -0.25) is 9.52 Å². The molecule has 0 aliphatic carbocycles. The highest BCUT2D eigenvalue weighted by atomic mass is 35.5. The quantitative estimate of drug-likeness (QED) is 0.241. The number of aromatic nitrogens is 3. The van der Waals surface area contributed by atoms with Crippen molar-refractivity contribution in [3.63, 3.8) is 0 Å². The predicted molar refractivity (Wildman–Crippen MR) is 144 cm³/mol. The average molecular weight is 581 g/mol. The number of thioether (sulfide) groups is 1. The molecule has 0 fully saturated rings. The van der Waals surface area contributed by atoms with Crippen molar-refractivity contribution in [1.82, 2.24) is 15.2 Å². The van der Waals surface area contributed by atoms with E-state index in [0.29, 0.717) is 11.4 Å². The molecule has 12 nitrogen and oxygen atoms in total. The van der Waals surface area contributed by atoms with Crippen molar-refractivity contribution in [3.8, 4) is 23.5 Å². The second kappa shape index (κ2) is 11.8. The number of carbonyl (C=O) groups is 1. The lowest BCUT2D eigenvalue weighted by Gasteiger charge is -2.11. The first-order chi connectivity index (χ1) is 18.7. The molecule has 39 heavy (non-hydrogen) atoms. The second-order valence-corrected chi connectivity index (χ2v) is 10.8. The van der Waals surface area contributed by atoms with Crippen LogP contribution in [0, 0.1) is 22.7 Å². The highest BCUT2D eigenvalue weighted by molar-refractivity contribution is 7.99. The number of hydrogen-bond acceptors (Lipinski definition) is 11. The number of hydrogen-bond donors (Lipinski definition) is 3. The highest BCUT2D eigenvalue weighted by Crippen LogP contribution is 2.36. The summed E-state index contributed by atoms with van der Waals surface area (Å²) >= 11 is 6.79. The van der Waals surface area contributed by atoms with Crippen LogP contribution < -0.4 is 15.8 Å². The Kier molecular flexibility index (Phi) is 8.31. The van der Waals surface area contributed by atoms with E-state index in [-0.39, 0.29) is 61.5 Å². The van der Waals surface area contributed by atoms with Crippen LogP contribution in [0.2, 0.25) is 5.15 Å². The van der Waals surface area contributed by atoms with Gasteiger partial charge < -0.3 is 15.5 Å². The molecule has 0 saturated carbocycles. The number of halogens is 1. The highest BCUT2D eigenvalue weighted by Gasteiger charge is 2.22. The standard InChI is InChI=1S/C24H17ClN8O4S2/c25-19-7-8-20(32-31-19)33-39(35,36)15-5-3-14(4-6-15)29-21(34)9-11-38-24-17(13-27)22(18-2-1-10-37-18)16(12-26)23(28)30-24/h1-8,10H,9,11H2,(H2,28,30)(H,29,34)(H,32,33). The normalized spacial score (nSPS) is 10.8. The molecule has 0 aliphatic heterocycles. The number of carbonyl (C=O) groups excluding carboxylic acids is 1. The maximum Gasteiger partial charge on any atom is 0.263 e. The van der Waals surface area contributed by atoms with E-state index in [1.54, 1.807) is 12.1 Å². The number of nitrogens with two attached hydrogens (primary N) is 1. The van der Waals surface area contributed by atoms with Gasteiger partial charge in [0, 0.05) is 17.9 Å². The van der Waals surface area contributed by atoms with E-state index in [0.717, 1.165) is 11.8 Å². The van der Waals surface area contributed by atoms with Crippen LogP contribution in [0.15, 0.2) is 69.1 Å². The fourth-order valence-electron chi connectivity index (χ4n) is 3.32. The molecule has 0 bridgehead atoms. The predicted octanol–water partition coefficient (Wildman–Crippen LogP) is 4.03. The van der Waals surface area contributed by atoms with Crippen molar-refractivity contribution in [2.75, 3.05) is 21.5 Å². The molecule has 4 N–H and O–H groups in total. The summed E-state index contributed by atoms with van der Waals surface area (Å²) < 4.78 is 32.8. The molecule has 1 aromatic carbocycles. The van der Waals surface area contributed by atoms with E-state index < -0.39 is 10.0 Å². The first-order valence-corrected chi connectivity index (χ1v) is 13.8. The first-order valence-electron chi connectivity index (χ1n) is 10.9. The number of sulfonamides is 1. The molecular formula is C24H17ClN8O4S2. The zero-order valence-electron chi connectivity index (χ0n) is 19.8. The van der Waals surface area contributed by atoms with E-state index >= 15 is 0 Å². The molecule has 3 heterocycles. The van der Waals surface area contributed by atoms with Crippen LogP contribution in [-0.4, -0.2) is 35.3 Å². The summed E-state index contributed by atoms with van der Waals surface area (Å²) in [6.07, 6.45) is 1.46. The van der Waals surface area contributed by atoms with Crippen LogP contribution in [0.1, 0.15) is 17.5 Å². The minimum atomic E-state index is -3.93. The third-order valence-electron chi connectivity index (χ3n) is 5.07. The van der Waals surface area contributed by atoms with E-state index in [2.05, 4.69) is 25.2 Å². The zero-order chi connectivity index (χ0) is 28.0. The smallest absolute Gasteiger partial charge is 0.263 e. The lowest BCUT2D eigenvalue weighted by Crippen LogP contribution is -2.15. The third-order valence-corrected chi connectivity index (χ3v) is 7.62. The lowest BCUT2D eigenvalue weighted by molar-refractivity contribution is -0.115. The van der Waals surface area contributed by atoms with Crippen molar-refractivity contribution in [1.29, 1.82) is 10.5 Å². The van der Waals surface area contributed by atoms with Crippen LogP contribution in [0.5, 0.6) is 0 Å². The summed E-state index contributed by atoms with van der Waals surface area (Å²) in [5, 5.41) is 29.6. The van der Waals surface area contributed by atoms with E-state index in [1.807, 2.05) is 12.1 Å². The van der Waals surface area contributed by atoms with Gasteiger partial charge in [0.15, 0.2) is 11.0 Å². The Labute approximate surface area is 231 Å². The summed E-state index contributed by atoms with van der Waals surface area (Å²) in [7, 11) is -3.93. The molecule has 0 atom stereocenters. The number of nitrogens with zero attached hydrogens (tertiary/aromatic N) is 5. The zero-order valence-corrected chi connectivity index (χ0v) is 22.1. The lowest BCUT2D eigenvalue weighted by atomic mass is 10.0. The molecule has 0 aliphatic rings. The van der Waals surface area contributed by atoms with Gasteiger partial charge in [0.1, 0.15) is 34.3 Å². The average Bonchev–Trinajstić information content (AvgIpc) is 3.44. The summed E-state index contributed by atoms with van der Waals surface area (Å²) in [5.41, 5.74) is 6.74. The molecule has 0 unspecified atom stereocenters. The maximum absolute atomic E-state index is 12.5. The molecule has 0 spiro atoms. The molecule has 3 aromatic heterocycles. The van der Waals surface area contributed by atoms with Gasteiger partial charge in [0.2, 0.25) is 5.91 Å². The van der Waals surface area contributed by atoms with Crippen molar-refractivity contribution in [2.24, 2.45) is 0 Å². The van der Waals surface area contributed by atoms with Crippen molar-refractivity contribution >= 4 is 56.6 Å². The third kappa shape index (κ3) is 6.45. The van der Waals surface area contributed by atoms with Gasteiger partial charge >= 0.3 is 0 Å². The molecule has 0 saturated heterocycles. The monoisotopic (exact) mass is 580 g/mol. The van der Waals surface area contributed by atoms with Gasteiger partial charge in [-0.05, 0) is 48.5 Å². The van der Waals surface area contributed by atoms with Crippen molar-refractivity contribution in [2.45, 2.75) is 16.3 Å². The van der Waals surface area contributed by atoms with E-state index in [4.69, 9.17) is 21.8 Å². The Balaban J connectivity index is 1.39. The minimum absolute atomic E-state index is 0.00336. The molecule has 4 rings (SSSR count). The van der Waals surface area contributed by atoms with Crippen molar-refractivity contribution < 1.29 is 17.6 Å². The summed E-state index contributed by atoms with van der Waals surface area (Å²) in [5.74, 6) is 0.151.